The molecule has 0 aromatic heterocycles. The Morgan fingerprint density at radius 2 is 1.77 bits per heavy atom. The zero-order valence-electron chi connectivity index (χ0n) is 23.6. The lowest BCUT2D eigenvalue weighted by Gasteiger charge is -2.41. The summed E-state index contributed by atoms with van der Waals surface area (Å²) < 4.78 is 52.3. The van der Waals surface area contributed by atoms with Crippen LogP contribution in [0, 0.1) is 11.6 Å². The number of halogens is 2. The van der Waals surface area contributed by atoms with E-state index in [1.807, 2.05) is 24.3 Å². The Morgan fingerprint density at radius 3 is 2.49 bits per heavy atom. The van der Waals surface area contributed by atoms with Crippen molar-refractivity contribution in [1.82, 2.24) is 19.6 Å². The number of hydrogen-bond acceptors (Lipinski definition) is 7. The van der Waals surface area contributed by atoms with E-state index in [0.29, 0.717) is 38.9 Å². The lowest BCUT2D eigenvalue weighted by molar-refractivity contribution is -0.155. The van der Waals surface area contributed by atoms with Gasteiger partial charge in [0.05, 0.1) is 11.3 Å². The van der Waals surface area contributed by atoms with Crippen LogP contribution in [0.1, 0.15) is 24.0 Å². The van der Waals surface area contributed by atoms with Crippen molar-refractivity contribution in [2.45, 2.75) is 31.7 Å². The molecule has 2 aromatic carbocycles. The van der Waals surface area contributed by atoms with E-state index >= 15 is 0 Å². The minimum atomic E-state index is -3.55. The second kappa shape index (κ2) is 12.3. The molecule has 14 heteroatoms. The van der Waals surface area contributed by atoms with Crippen LogP contribution >= 0.6 is 0 Å². The molecule has 2 N–H and O–H groups in total. The second-order valence-corrected chi connectivity index (χ2v) is 13.2. The minimum absolute atomic E-state index is 0.0782. The van der Waals surface area contributed by atoms with Gasteiger partial charge in [-0.25, -0.2) is 22.0 Å². The van der Waals surface area contributed by atoms with Crippen LogP contribution in [0.2, 0.25) is 0 Å². The van der Waals surface area contributed by atoms with Crippen molar-refractivity contribution in [3.05, 3.63) is 71.4 Å². The van der Waals surface area contributed by atoms with Gasteiger partial charge in [0.25, 0.3) is 5.91 Å². The Balaban J connectivity index is 1.28. The SMILES string of the molecule is CS(=O)(=O)CCN1C(=O)C(c2cccc(F)c2F)=CN(CC(=O)N2CCC(N3CCc4ccccc4NC3=O)CC2)C1O. The number of aliphatic hydroxyl groups excluding tert-OH is 1. The number of fused-ring (bicyclic) bond motifs is 1. The first-order valence-corrected chi connectivity index (χ1v) is 16.0. The fraction of sp³-hybridized carbons (Fsp3) is 0.414. The standard InChI is InChI=1S/C29H33F2N5O6S/c1-43(41,42)16-15-36-27(38)22(21-6-4-7-23(30)26(21)31)17-34(29(36)40)18-25(37)33-12-10-20(11-13-33)35-14-9-19-5-2-3-8-24(19)32-28(35)39/h2-8,17,20,29,40H,9-16,18H2,1H3,(H,32,39). The number of para-hydroxylation sites is 1. The van der Waals surface area contributed by atoms with Crippen molar-refractivity contribution < 1.29 is 36.7 Å². The van der Waals surface area contributed by atoms with Crippen LogP contribution in [0.15, 0.2) is 48.7 Å². The Kier molecular flexibility index (Phi) is 8.69. The summed E-state index contributed by atoms with van der Waals surface area (Å²) >= 11 is 0. The molecule has 3 aliphatic heterocycles. The molecule has 0 saturated carbocycles. The van der Waals surface area contributed by atoms with E-state index in [-0.39, 0.29) is 23.2 Å². The number of carbonyl (C=O) groups excluding carboxylic acids is 3. The average molecular weight is 618 g/mol. The van der Waals surface area contributed by atoms with Gasteiger partial charge < -0.3 is 25.1 Å². The van der Waals surface area contributed by atoms with Gasteiger partial charge in [0, 0.05) is 55.9 Å². The summed E-state index contributed by atoms with van der Waals surface area (Å²) in [5.41, 5.74) is 1.14. The van der Waals surface area contributed by atoms with Gasteiger partial charge in [0.15, 0.2) is 11.6 Å². The van der Waals surface area contributed by atoms with E-state index in [2.05, 4.69) is 5.32 Å². The predicted molar refractivity (Wildman–Crippen MR) is 154 cm³/mol. The van der Waals surface area contributed by atoms with E-state index in [9.17, 15) is 36.7 Å². The number of urea groups is 1. The number of piperidine rings is 1. The summed E-state index contributed by atoms with van der Waals surface area (Å²) in [6.45, 7) is 0.397. The summed E-state index contributed by atoms with van der Waals surface area (Å²) in [6, 6.07) is 10.7. The molecule has 11 nitrogen and oxygen atoms in total. The van der Waals surface area contributed by atoms with Gasteiger partial charge in [-0.1, -0.05) is 30.3 Å². The highest BCUT2D eigenvalue weighted by atomic mass is 32.2. The van der Waals surface area contributed by atoms with Crippen molar-refractivity contribution in [3.63, 3.8) is 0 Å². The smallest absolute Gasteiger partial charge is 0.322 e. The molecular weight excluding hydrogens is 584 g/mol. The number of likely N-dealkylation sites (tertiary alicyclic amines) is 1. The van der Waals surface area contributed by atoms with E-state index in [1.54, 1.807) is 9.80 Å². The first kappa shape index (κ1) is 30.4. The van der Waals surface area contributed by atoms with Crippen molar-refractivity contribution in [3.8, 4) is 0 Å². The minimum Gasteiger partial charge on any atom is -0.356 e. The lowest BCUT2D eigenvalue weighted by atomic mass is 10.0. The Labute approximate surface area is 248 Å². The Hall–Kier alpha value is -4.04. The predicted octanol–water partition coefficient (Wildman–Crippen LogP) is 1.85. The summed E-state index contributed by atoms with van der Waals surface area (Å²) in [4.78, 5) is 44.8. The highest BCUT2D eigenvalue weighted by molar-refractivity contribution is 7.90. The van der Waals surface area contributed by atoms with E-state index < -0.39 is 58.5 Å². The van der Waals surface area contributed by atoms with Crippen LogP contribution in [0.5, 0.6) is 0 Å². The van der Waals surface area contributed by atoms with Crippen molar-refractivity contribution in [1.29, 1.82) is 0 Å². The van der Waals surface area contributed by atoms with Gasteiger partial charge in [-0.05, 0) is 37.0 Å². The zero-order valence-corrected chi connectivity index (χ0v) is 24.4. The molecule has 1 unspecified atom stereocenters. The van der Waals surface area contributed by atoms with Crippen molar-refractivity contribution in [2.24, 2.45) is 0 Å². The molecule has 3 heterocycles. The highest BCUT2D eigenvalue weighted by Crippen LogP contribution is 2.29. The number of aliphatic hydroxyl groups is 1. The number of amides is 4. The van der Waals surface area contributed by atoms with Gasteiger partial charge in [-0.2, -0.15) is 0 Å². The summed E-state index contributed by atoms with van der Waals surface area (Å²) in [7, 11) is -3.55. The maximum Gasteiger partial charge on any atom is 0.322 e. The summed E-state index contributed by atoms with van der Waals surface area (Å²) in [5, 5.41) is 13.9. The van der Waals surface area contributed by atoms with Crippen molar-refractivity contribution in [2.75, 3.05) is 50.0 Å². The number of rotatable bonds is 7. The number of benzene rings is 2. The third-order valence-corrected chi connectivity index (χ3v) is 8.95. The van der Waals surface area contributed by atoms with E-state index in [1.165, 1.54) is 12.1 Å². The zero-order chi connectivity index (χ0) is 30.9. The molecular formula is C29H33F2N5O6S. The van der Waals surface area contributed by atoms with Crippen LogP contribution in [0.4, 0.5) is 19.3 Å². The molecule has 230 valence electrons. The first-order chi connectivity index (χ1) is 20.4. The van der Waals surface area contributed by atoms with Gasteiger partial charge in [0.2, 0.25) is 12.3 Å². The maximum absolute atomic E-state index is 14.7. The van der Waals surface area contributed by atoms with Gasteiger partial charge in [-0.3, -0.25) is 14.5 Å². The van der Waals surface area contributed by atoms with Crippen LogP contribution < -0.4 is 5.32 Å². The Bertz CT molecular complexity index is 1560. The first-order valence-electron chi connectivity index (χ1n) is 13.9. The van der Waals surface area contributed by atoms with Gasteiger partial charge >= 0.3 is 6.03 Å². The quantitative estimate of drug-likeness (QED) is 0.485. The molecule has 0 bridgehead atoms. The van der Waals surface area contributed by atoms with Crippen LogP contribution in [-0.2, 0) is 25.8 Å². The molecule has 1 atom stereocenters. The molecule has 0 spiro atoms. The van der Waals surface area contributed by atoms with Gasteiger partial charge in [-0.15, -0.1) is 0 Å². The number of hydrogen-bond donors (Lipinski definition) is 2. The third kappa shape index (κ3) is 6.64. The van der Waals surface area contributed by atoms with Crippen LogP contribution in [0.3, 0.4) is 0 Å². The van der Waals surface area contributed by atoms with Crippen molar-refractivity contribution >= 4 is 38.9 Å². The largest absolute Gasteiger partial charge is 0.356 e. The monoisotopic (exact) mass is 617 g/mol. The number of carbonyl (C=O) groups is 3. The fourth-order valence-corrected chi connectivity index (χ4v) is 6.18. The number of nitrogens with one attached hydrogen (secondary N) is 1. The molecule has 5 rings (SSSR count). The molecule has 43 heavy (non-hydrogen) atoms. The molecule has 1 fully saturated rings. The summed E-state index contributed by atoms with van der Waals surface area (Å²) in [6.07, 6.45) is 2.13. The van der Waals surface area contributed by atoms with E-state index in [0.717, 1.165) is 39.6 Å². The Morgan fingerprint density at radius 1 is 1.05 bits per heavy atom. The number of nitrogens with zero attached hydrogens (tertiary/aromatic N) is 4. The molecule has 4 amide bonds. The molecule has 1 saturated heterocycles. The second-order valence-electron chi connectivity index (χ2n) is 10.9. The fourth-order valence-electron chi connectivity index (χ4n) is 5.65. The topological polar surface area (TPSA) is 131 Å². The molecule has 0 aliphatic carbocycles. The lowest BCUT2D eigenvalue weighted by Crippen LogP contribution is -2.57. The highest BCUT2D eigenvalue weighted by Gasteiger charge is 2.38. The summed E-state index contributed by atoms with van der Waals surface area (Å²) in [5.74, 6) is -4.25. The number of anilines is 1. The molecule has 2 aromatic rings. The van der Waals surface area contributed by atoms with Gasteiger partial charge in [0.1, 0.15) is 16.4 Å². The van der Waals surface area contributed by atoms with Crippen LogP contribution in [-0.4, -0.2) is 108 Å². The normalized spacial score (nSPS) is 20.0. The third-order valence-electron chi connectivity index (χ3n) is 8.02. The van der Waals surface area contributed by atoms with E-state index in [4.69, 9.17) is 0 Å². The molecule has 3 aliphatic rings. The number of sulfone groups is 1. The molecule has 0 radical (unpaired) electrons. The van der Waals surface area contributed by atoms with Crippen LogP contribution in [0.25, 0.3) is 5.57 Å². The maximum atomic E-state index is 14.7. The average Bonchev–Trinajstić information content (AvgIpc) is 3.13.